The molecule has 1 aromatic heterocycles. The molecule has 0 saturated carbocycles. The maximum Gasteiger partial charge on any atom is 0.231 e. The Morgan fingerprint density at radius 3 is 2.57 bits per heavy atom. The van der Waals surface area contributed by atoms with E-state index in [9.17, 15) is 0 Å². The standard InChI is InChI=1S/C16H14ClN3O/c17-13-3-1-2-12(8-13)9-15-19-16(21-20-15)10-11-4-6-14(18)7-5-11/h1-8H,9-10,18H2. The van der Waals surface area contributed by atoms with Crippen LogP contribution in [0.5, 0.6) is 0 Å². The topological polar surface area (TPSA) is 64.9 Å². The van der Waals surface area contributed by atoms with E-state index in [0.29, 0.717) is 29.6 Å². The Labute approximate surface area is 127 Å². The zero-order chi connectivity index (χ0) is 14.7. The van der Waals surface area contributed by atoms with Crippen LogP contribution in [0.3, 0.4) is 0 Å². The summed E-state index contributed by atoms with van der Waals surface area (Å²) in [6, 6.07) is 15.3. The van der Waals surface area contributed by atoms with Crippen LogP contribution < -0.4 is 5.73 Å². The molecule has 0 aliphatic rings. The Hall–Kier alpha value is -2.33. The van der Waals surface area contributed by atoms with Gasteiger partial charge in [0.1, 0.15) is 0 Å². The first kappa shape index (κ1) is 13.6. The summed E-state index contributed by atoms with van der Waals surface area (Å²) in [7, 11) is 0. The number of hydrogen-bond acceptors (Lipinski definition) is 4. The number of halogens is 1. The number of anilines is 1. The van der Waals surface area contributed by atoms with Crippen molar-refractivity contribution in [3.63, 3.8) is 0 Å². The highest BCUT2D eigenvalue weighted by molar-refractivity contribution is 6.30. The maximum absolute atomic E-state index is 5.96. The number of nitrogens with zero attached hydrogens (tertiary/aromatic N) is 2. The fraction of sp³-hybridized carbons (Fsp3) is 0.125. The number of aromatic nitrogens is 2. The predicted molar refractivity (Wildman–Crippen MR) is 82.2 cm³/mol. The van der Waals surface area contributed by atoms with Crippen LogP contribution in [0, 0.1) is 0 Å². The number of hydrogen-bond donors (Lipinski definition) is 1. The lowest BCUT2D eigenvalue weighted by atomic mass is 10.1. The highest BCUT2D eigenvalue weighted by Gasteiger charge is 2.08. The zero-order valence-corrected chi connectivity index (χ0v) is 12.0. The minimum absolute atomic E-state index is 0.594. The summed E-state index contributed by atoms with van der Waals surface area (Å²) in [5.41, 5.74) is 8.54. The summed E-state index contributed by atoms with van der Waals surface area (Å²) in [5.74, 6) is 1.25. The van der Waals surface area contributed by atoms with Crippen molar-refractivity contribution < 1.29 is 4.52 Å². The lowest BCUT2D eigenvalue weighted by Gasteiger charge is -1.97. The summed E-state index contributed by atoms with van der Waals surface area (Å²) in [6.45, 7) is 0. The zero-order valence-electron chi connectivity index (χ0n) is 11.3. The van der Waals surface area contributed by atoms with Crippen LogP contribution in [-0.4, -0.2) is 10.1 Å². The molecule has 0 atom stereocenters. The summed E-state index contributed by atoms with van der Waals surface area (Å²) in [6.07, 6.45) is 1.20. The van der Waals surface area contributed by atoms with Gasteiger partial charge in [0.05, 0.1) is 6.42 Å². The van der Waals surface area contributed by atoms with Gasteiger partial charge in [-0.2, -0.15) is 4.98 Å². The first-order valence-corrected chi connectivity index (χ1v) is 6.97. The number of nitrogen functional groups attached to an aromatic ring is 1. The Kier molecular flexibility index (Phi) is 3.88. The van der Waals surface area contributed by atoms with E-state index in [1.54, 1.807) is 0 Å². The van der Waals surface area contributed by atoms with Crippen molar-refractivity contribution in [2.24, 2.45) is 0 Å². The lowest BCUT2D eigenvalue weighted by Crippen LogP contribution is -1.93. The predicted octanol–water partition coefficient (Wildman–Crippen LogP) is 3.49. The molecule has 2 aromatic carbocycles. The van der Waals surface area contributed by atoms with Crippen LogP contribution in [0.15, 0.2) is 53.1 Å². The molecule has 0 aliphatic carbocycles. The smallest absolute Gasteiger partial charge is 0.231 e. The van der Waals surface area contributed by atoms with E-state index in [4.69, 9.17) is 21.9 Å². The van der Waals surface area contributed by atoms with Crippen molar-refractivity contribution in [2.75, 3.05) is 5.73 Å². The summed E-state index contributed by atoms with van der Waals surface area (Å²) < 4.78 is 5.28. The molecule has 0 aliphatic heterocycles. The van der Waals surface area contributed by atoms with Crippen LogP contribution in [0.25, 0.3) is 0 Å². The van der Waals surface area contributed by atoms with E-state index in [1.165, 1.54) is 0 Å². The van der Waals surface area contributed by atoms with Gasteiger partial charge in [0.2, 0.25) is 5.89 Å². The van der Waals surface area contributed by atoms with Gasteiger partial charge in [0.15, 0.2) is 5.82 Å². The Balaban J connectivity index is 1.70. The molecule has 5 heteroatoms. The van der Waals surface area contributed by atoms with Gasteiger partial charge in [0.25, 0.3) is 0 Å². The average Bonchev–Trinajstić information content (AvgIpc) is 2.89. The molecule has 0 saturated heterocycles. The van der Waals surface area contributed by atoms with Crippen LogP contribution >= 0.6 is 11.6 Å². The van der Waals surface area contributed by atoms with Gasteiger partial charge < -0.3 is 10.3 Å². The number of benzene rings is 2. The highest BCUT2D eigenvalue weighted by Crippen LogP contribution is 2.15. The fourth-order valence-electron chi connectivity index (χ4n) is 2.07. The molecule has 0 fully saturated rings. The number of rotatable bonds is 4. The average molecular weight is 300 g/mol. The first-order valence-electron chi connectivity index (χ1n) is 6.59. The van der Waals surface area contributed by atoms with Gasteiger partial charge in [-0.05, 0) is 35.4 Å². The second-order valence-corrected chi connectivity index (χ2v) is 5.27. The monoisotopic (exact) mass is 299 g/mol. The Morgan fingerprint density at radius 2 is 1.81 bits per heavy atom. The van der Waals surface area contributed by atoms with Crippen molar-refractivity contribution in [3.8, 4) is 0 Å². The van der Waals surface area contributed by atoms with Gasteiger partial charge in [0, 0.05) is 17.1 Å². The molecule has 3 aromatic rings. The molecule has 2 N–H and O–H groups in total. The molecule has 1 heterocycles. The fourth-order valence-corrected chi connectivity index (χ4v) is 2.29. The van der Waals surface area contributed by atoms with Gasteiger partial charge in [-0.1, -0.05) is 41.0 Å². The van der Waals surface area contributed by atoms with Crippen molar-refractivity contribution in [1.82, 2.24) is 10.1 Å². The molecule has 0 unspecified atom stereocenters. The molecule has 0 spiro atoms. The van der Waals surface area contributed by atoms with Gasteiger partial charge >= 0.3 is 0 Å². The summed E-state index contributed by atoms with van der Waals surface area (Å²) >= 11 is 5.96. The molecule has 21 heavy (non-hydrogen) atoms. The number of nitrogens with two attached hydrogens (primary N) is 1. The molecular formula is C16H14ClN3O. The summed E-state index contributed by atoms with van der Waals surface area (Å²) in [4.78, 5) is 4.40. The van der Waals surface area contributed by atoms with Crippen molar-refractivity contribution in [2.45, 2.75) is 12.8 Å². The highest BCUT2D eigenvalue weighted by atomic mass is 35.5. The Morgan fingerprint density at radius 1 is 1.00 bits per heavy atom. The third-order valence-electron chi connectivity index (χ3n) is 3.10. The largest absolute Gasteiger partial charge is 0.399 e. The summed E-state index contributed by atoms with van der Waals surface area (Å²) in [5, 5.41) is 4.71. The molecule has 0 radical (unpaired) electrons. The molecule has 106 valence electrons. The van der Waals surface area contributed by atoms with Crippen LogP contribution in [0.4, 0.5) is 5.69 Å². The van der Waals surface area contributed by atoms with Gasteiger partial charge in [-0.3, -0.25) is 0 Å². The minimum atomic E-state index is 0.594. The van der Waals surface area contributed by atoms with Crippen LogP contribution in [0.1, 0.15) is 22.8 Å². The maximum atomic E-state index is 5.96. The van der Waals surface area contributed by atoms with Crippen molar-refractivity contribution in [1.29, 1.82) is 0 Å². The molecule has 0 amide bonds. The van der Waals surface area contributed by atoms with E-state index in [-0.39, 0.29) is 0 Å². The molecule has 0 bridgehead atoms. The molecule has 4 nitrogen and oxygen atoms in total. The SMILES string of the molecule is Nc1ccc(Cc2nc(Cc3cccc(Cl)c3)no2)cc1. The molecular weight excluding hydrogens is 286 g/mol. The normalized spacial score (nSPS) is 10.7. The van der Waals surface area contributed by atoms with Gasteiger partial charge in [-0.15, -0.1) is 0 Å². The van der Waals surface area contributed by atoms with E-state index in [2.05, 4.69) is 10.1 Å². The second-order valence-electron chi connectivity index (χ2n) is 4.83. The molecule has 3 rings (SSSR count). The van der Waals surface area contributed by atoms with Crippen LogP contribution in [-0.2, 0) is 12.8 Å². The van der Waals surface area contributed by atoms with E-state index in [1.807, 2.05) is 48.5 Å². The third kappa shape index (κ3) is 3.61. The van der Waals surface area contributed by atoms with Gasteiger partial charge in [-0.25, -0.2) is 0 Å². The third-order valence-corrected chi connectivity index (χ3v) is 3.33. The van der Waals surface area contributed by atoms with Crippen molar-refractivity contribution >= 4 is 17.3 Å². The lowest BCUT2D eigenvalue weighted by molar-refractivity contribution is 0.380. The Bertz CT molecular complexity index is 737. The first-order chi connectivity index (χ1) is 10.2. The quantitative estimate of drug-likeness (QED) is 0.749. The van der Waals surface area contributed by atoms with Crippen LogP contribution in [0.2, 0.25) is 5.02 Å². The van der Waals surface area contributed by atoms with Crippen molar-refractivity contribution in [3.05, 3.63) is 76.4 Å². The minimum Gasteiger partial charge on any atom is -0.399 e. The van der Waals surface area contributed by atoms with E-state index in [0.717, 1.165) is 16.8 Å². The van der Waals surface area contributed by atoms with E-state index >= 15 is 0 Å². The second kappa shape index (κ2) is 5.97. The van der Waals surface area contributed by atoms with E-state index < -0.39 is 0 Å².